The molecule has 11 nitrogen and oxygen atoms in total. The molecular weight excluding hydrogens is 542 g/mol. The molecule has 0 aromatic carbocycles. The predicted octanol–water partition coefficient (Wildman–Crippen LogP) is 2.77. The van der Waals surface area contributed by atoms with Crippen LogP contribution >= 0.6 is 11.3 Å². The van der Waals surface area contributed by atoms with Crippen molar-refractivity contribution in [3.8, 4) is 0 Å². The highest BCUT2D eigenvalue weighted by atomic mass is 32.1. The Morgan fingerprint density at radius 2 is 1.74 bits per heavy atom. The van der Waals surface area contributed by atoms with Gasteiger partial charge in [0.2, 0.25) is 5.01 Å². The molecule has 0 saturated carbocycles. The Hall–Kier alpha value is -4.34. The smallest absolute Gasteiger partial charge is 0.345 e. The van der Waals surface area contributed by atoms with Gasteiger partial charge in [-0.25, -0.2) is 9.07 Å². The fraction of sp³-hybridized carbons (Fsp3) is 0.304. The third-order valence-corrected chi connectivity index (χ3v) is 6.20. The van der Waals surface area contributed by atoms with Gasteiger partial charge in [-0.15, -0.1) is 15.3 Å². The predicted molar refractivity (Wildman–Crippen MR) is 129 cm³/mol. The third-order valence-electron chi connectivity index (χ3n) is 5.22. The molecule has 2 N–H and O–H groups in total. The Balaban J connectivity index is 1.21. The number of alkyl halides is 4. The van der Waals surface area contributed by atoms with Gasteiger partial charge in [0.05, 0.1) is 42.8 Å². The minimum atomic E-state index is -4.52. The van der Waals surface area contributed by atoms with Crippen LogP contribution in [0.4, 0.5) is 17.6 Å². The molecule has 0 radical (unpaired) electrons. The van der Waals surface area contributed by atoms with Crippen LogP contribution in [0.25, 0.3) is 0 Å². The Labute approximate surface area is 222 Å². The quantitative estimate of drug-likeness (QED) is 0.266. The number of nitrogens with zero attached hydrogens (tertiary/aromatic N) is 7. The summed E-state index contributed by atoms with van der Waals surface area (Å²) in [6.07, 6.45) is -1.66. The number of nitrogens with one attached hydrogen (secondary N) is 2. The monoisotopic (exact) mass is 563 g/mol. The Kier molecular flexibility index (Phi) is 8.85. The minimum Gasteiger partial charge on any atom is -0.345 e. The number of hydrogen-bond donors (Lipinski definition) is 2. The van der Waals surface area contributed by atoms with Gasteiger partial charge in [0.1, 0.15) is 11.2 Å². The second kappa shape index (κ2) is 12.5. The van der Waals surface area contributed by atoms with Gasteiger partial charge in [-0.1, -0.05) is 22.6 Å². The van der Waals surface area contributed by atoms with Crippen molar-refractivity contribution in [2.75, 3.05) is 0 Å². The molecule has 4 aromatic heterocycles. The van der Waals surface area contributed by atoms with Crippen molar-refractivity contribution in [1.29, 1.82) is 0 Å². The van der Waals surface area contributed by atoms with E-state index in [-0.39, 0.29) is 48.9 Å². The van der Waals surface area contributed by atoms with Crippen molar-refractivity contribution in [1.82, 2.24) is 45.8 Å². The molecule has 0 aliphatic heterocycles. The van der Waals surface area contributed by atoms with E-state index in [1.165, 1.54) is 10.9 Å². The lowest BCUT2D eigenvalue weighted by Gasteiger charge is -2.08. The first-order valence-electron chi connectivity index (χ1n) is 11.5. The van der Waals surface area contributed by atoms with Crippen molar-refractivity contribution in [2.24, 2.45) is 0 Å². The maximum absolute atomic E-state index is 14.5. The van der Waals surface area contributed by atoms with Gasteiger partial charge < -0.3 is 10.6 Å². The normalized spacial score (nSPS) is 12.2. The van der Waals surface area contributed by atoms with E-state index < -0.39 is 29.7 Å². The number of pyridine rings is 2. The SMILES string of the molecule is O=C(NCc1ccccn1)c1cn(CC(F)CCc2nnc(C(=O)NCc3cc(C(F)(F)F)ccn3)s2)nn1. The summed E-state index contributed by atoms with van der Waals surface area (Å²) in [7, 11) is 0. The average Bonchev–Trinajstić information content (AvgIpc) is 3.60. The van der Waals surface area contributed by atoms with E-state index in [2.05, 4.69) is 41.1 Å². The fourth-order valence-corrected chi connectivity index (χ4v) is 4.05. The van der Waals surface area contributed by atoms with Gasteiger partial charge >= 0.3 is 6.18 Å². The molecule has 16 heteroatoms. The number of aryl methyl sites for hydroxylation is 1. The number of carbonyl (C=O) groups is 2. The van der Waals surface area contributed by atoms with Crippen LogP contribution in [0.2, 0.25) is 0 Å². The molecule has 1 unspecified atom stereocenters. The number of carbonyl (C=O) groups excluding carboxylic acids is 2. The second-order valence-corrected chi connectivity index (χ2v) is 9.24. The Morgan fingerprint density at radius 1 is 0.974 bits per heavy atom. The first-order valence-corrected chi connectivity index (χ1v) is 12.3. The van der Waals surface area contributed by atoms with Gasteiger partial charge in [0.25, 0.3) is 11.8 Å². The van der Waals surface area contributed by atoms with Gasteiger partial charge in [-0.05, 0) is 30.7 Å². The Morgan fingerprint density at radius 3 is 2.51 bits per heavy atom. The van der Waals surface area contributed by atoms with Crippen molar-refractivity contribution in [3.63, 3.8) is 0 Å². The molecule has 0 aliphatic carbocycles. The van der Waals surface area contributed by atoms with Gasteiger partial charge in [0, 0.05) is 18.8 Å². The van der Waals surface area contributed by atoms with E-state index in [1.54, 1.807) is 24.4 Å². The summed E-state index contributed by atoms with van der Waals surface area (Å²) in [4.78, 5) is 32.4. The highest BCUT2D eigenvalue weighted by Crippen LogP contribution is 2.29. The van der Waals surface area contributed by atoms with Gasteiger partial charge in [0.15, 0.2) is 5.69 Å². The number of halogens is 4. The minimum absolute atomic E-state index is 0.00924. The van der Waals surface area contributed by atoms with Crippen LogP contribution in [0.1, 0.15) is 48.7 Å². The van der Waals surface area contributed by atoms with E-state index >= 15 is 0 Å². The topological polar surface area (TPSA) is 140 Å². The molecular formula is C23H21F4N9O2S. The molecule has 0 saturated heterocycles. The van der Waals surface area contributed by atoms with Gasteiger partial charge in [-0.3, -0.25) is 19.6 Å². The van der Waals surface area contributed by atoms with Crippen LogP contribution in [0.3, 0.4) is 0 Å². The highest BCUT2D eigenvalue weighted by molar-refractivity contribution is 7.13. The number of rotatable bonds is 11. The third kappa shape index (κ3) is 8.07. The van der Waals surface area contributed by atoms with Crippen molar-refractivity contribution >= 4 is 23.2 Å². The molecule has 0 aliphatic rings. The number of amides is 2. The summed E-state index contributed by atoms with van der Waals surface area (Å²) in [6, 6.07) is 7.00. The average molecular weight is 564 g/mol. The molecule has 4 heterocycles. The lowest BCUT2D eigenvalue weighted by atomic mass is 10.2. The van der Waals surface area contributed by atoms with Crippen molar-refractivity contribution in [3.05, 3.63) is 81.6 Å². The van der Waals surface area contributed by atoms with Crippen LogP contribution in [0, 0.1) is 0 Å². The molecule has 1 atom stereocenters. The summed E-state index contributed by atoms with van der Waals surface area (Å²) >= 11 is 0.949. The zero-order chi connectivity index (χ0) is 27.8. The Bertz CT molecular complexity index is 1410. The fourth-order valence-electron chi connectivity index (χ4n) is 3.27. The van der Waals surface area contributed by atoms with Crippen LogP contribution in [0.5, 0.6) is 0 Å². The lowest BCUT2D eigenvalue weighted by molar-refractivity contribution is -0.137. The first-order chi connectivity index (χ1) is 18.7. The molecule has 204 valence electrons. The standard InChI is InChI=1S/C23H21F4N9O2S/c24-15(12-36-13-18(32-35-36)20(37)30-10-16-3-1-2-7-28-16)4-5-19-33-34-22(39-19)21(38)31-11-17-9-14(6-8-29-17)23(25,26)27/h1-3,6-9,13,15H,4-5,10-12H2,(H,30,37)(H,31,38). The summed E-state index contributed by atoms with van der Waals surface area (Å²) in [5.41, 5.74) is -0.123. The molecule has 0 fully saturated rings. The number of hydrogen-bond acceptors (Lipinski definition) is 9. The summed E-state index contributed by atoms with van der Waals surface area (Å²) < 4.78 is 54.2. The molecule has 39 heavy (non-hydrogen) atoms. The van der Waals surface area contributed by atoms with Crippen LogP contribution in [-0.2, 0) is 32.2 Å². The van der Waals surface area contributed by atoms with E-state index in [0.29, 0.717) is 10.7 Å². The maximum atomic E-state index is 14.5. The molecule has 0 bridgehead atoms. The number of aromatic nitrogens is 7. The molecule has 4 aromatic rings. The first kappa shape index (κ1) is 27.7. The van der Waals surface area contributed by atoms with E-state index in [9.17, 15) is 27.2 Å². The summed E-state index contributed by atoms with van der Waals surface area (Å²) in [6.45, 7) is -0.162. The van der Waals surface area contributed by atoms with E-state index in [0.717, 1.165) is 29.7 Å². The van der Waals surface area contributed by atoms with Crippen molar-refractivity contribution < 1.29 is 27.2 Å². The summed E-state index contributed by atoms with van der Waals surface area (Å²) in [5, 5.41) is 20.7. The zero-order valence-corrected chi connectivity index (χ0v) is 20.9. The van der Waals surface area contributed by atoms with Gasteiger partial charge in [-0.2, -0.15) is 13.2 Å². The highest BCUT2D eigenvalue weighted by Gasteiger charge is 2.30. The van der Waals surface area contributed by atoms with E-state index in [1.807, 2.05) is 0 Å². The molecule has 4 rings (SSSR count). The largest absolute Gasteiger partial charge is 0.416 e. The lowest BCUT2D eigenvalue weighted by Crippen LogP contribution is -2.23. The zero-order valence-electron chi connectivity index (χ0n) is 20.1. The van der Waals surface area contributed by atoms with Crippen LogP contribution in [0.15, 0.2) is 48.9 Å². The molecule has 2 amide bonds. The second-order valence-electron chi connectivity index (χ2n) is 8.18. The van der Waals surface area contributed by atoms with E-state index in [4.69, 9.17) is 0 Å². The summed E-state index contributed by atoms with van der Waals surface area (Å²) in [5.74, 6) is -1.10. The maximum Gasteiger partial charge on any atom is 0.416 e. The van der Waals surface area contributed by atoms with Crippen LogP contribution < -0.4 is 10.6 Å². The molecule has 0 spiro atoms. The van der Waals surface area contributed by atoms with Crippen molar-refractivity contribution in [2.45, 2.75) is 44.8 Å². The van der Waals surface area contributed by atoms with Crippen LogP contribution in [-0.4, -0.2) is 53.1 Å².